The molecule has 0 saturated carbocycles. The zero-order valence-electron chi connectivity index (χ0n) is 8.91. The Labute approximate surface area is 84.3 Å². The van der Waals surface area contributed by atoms with Gasteiger partial charge in [-0.05, 0) is 19.9 Å². The number of hydrogen-bond donors (Lipinski definition) is 1. The molecule has 0 amide bonds. The van der Waals surface area contributed by atoms with Gasteiger partial charge in [0.05, 0.1) is 13.2 Å². The summed E-state index contributed by atoms with van der Waals surface area (Å²) in [7, 11) is 0. The molecule has 0 aliphatic heterocycles. The van der Waals surface area contributed by atoms with Crippen molar-refractivity contribution in [2.24, 2.45) is 0 Å². The van der Waals surface area contributed by atoms with Crippen LogP contribution in [0.3, 0.4) is 0 Å². The quantitative estimate of drug-likeness (QED) is 0.486. The summed E-state index contributed by atoms with van der Waals surface area (Å²) in [4.78, 5) is 0. The van der Waals surface area contributed by atoms with Gasteiger partial charge < -0.3 is 10.1 Å². The van der Waals surface area contributed by atoms with Gasteiger partial charge in [0.25, 0.3) is 5.92 Å². The number of rotatable bonds is 8. The minimum atomic E-state index is -2.77. The third-order valence-corrected chi connectivity index (χ3v) is 1.62. The summed E-state index contributed by atoms with van der Waals surface area (Å²) in [6.45, 7) is 7.31. The van der Waals surface area contributed by atoms with Gasteiger partial charge in [0.2, 0.25) is 0 Å². The van der Waals surface area contributed by atoms with E-state index >= 15 is 0 Å². The van der Waals surface area contributed by atoms with Crippen molar-refractivity contribution in [3.8, 4) is 0 Å². The van der Waals surface area contributed by atoms with E-state index in [0.717, 1.165) is 5.57 Å². The summed E-state index contributed by atoms with van der Waals surface area (Å²) >= 11 is 0. The molecule has 0 saturated heterocycles. The second-order valence-corrected chi connectivity index (χ2v) is 3.40. The molecule has 1 N–H and O–H groups in total. The van der Waals surface area contributed by atoms with Gasteiger partial charge in [-0.15, -0.1) is 6.58 Å². The van der Waals surface area contributed by atoms with E-state index in [2.05, 4.69) is 11.9 Å². The maximum atomic E-state index is 12.9. The molecule has 0 bridgehead atoms. The highest BCUT2D eigenvalue weighted by atomic mass is 19.3. The zero-order valence-corrected chi connectivity index (χ0v) is 8.91. The summed E-state index contributed by atoms with van der Waals surface area (Å²) in [5.74, 6) is -2.77. The molecule has 0 aromatic rings. The van der Waals surface area contributed by atoms with Crippen LogP contribution >= 0.6 is 0 Å². The van der Waals surface area contributed by atoms with Crippen LogP contribution in [0.25, 0.3) is 0 Å². The van der Waals surface area contributed by atoms with Crippen LogP contribution in [0, 0.1) is 0 Å². The van der Waals surface area contributed by atoms with E-state index in [1.165, 1.54) is 0 Å². The molecular weight excluding hydrogens is 188 g/mol. The summed E-state index contributed by atoms with van der Waals surface area (Å²) in [5.41, 5.74) is 0.944. The Balaban J connectivity index is 3.49. The number of nitrogens with one attached hydrogen (secondary N) is 1. The standard InChI is InChI=1S/C10H19F2NO/c1-4-13-7-10(11,12)8-14-6-5-9(2)3/h13H,2,4-8H2,1,3H3. The number of hydrogen-bond acceptors (Lipinski definition) is 2. The topological polar surface area (TPSA) is 21.3 Å². The predicted molar refractivity (Wildman–Crippen MR) is 53.7 cm³/mol. The van der Waals surface area contributed by atoms with Crippen LogP contribution < -0.4 is 5.32 Å². The fourth-order valence-corrected chi connectivity index (χ4v) is 0.827. The average molecular weight is 207 g/mol. The van der Waals surface area contributed by atoms with Crippen LogP contribution in [0.2, 0.25) is 0 Å². The second-order valence-electron chi connectivity index (χ2n) is 3.40. The molecule has 0 radical (unpaired) electrons. The molecule has 0 atom stereocenters. The maximum absolute atomic E-state index is 12.9. The lowest BCUT2D eigenvalue weighted by atomic mass is 10.3. The minimum absolute atomic E-state index is 0.317. The molecule has 0 fully saturated rings. The Kier molecular flexibility index (Phi) is 6.66. The zero-order chi connectivity index (χ0) is 11.0. The van der Waals surface area contributed by atoms with Crippen LogP contribution in [0.4, 0.5) is 8.78 Å². The summed E-state index contributed by atoms with van der Waals surface area (Å²) in [6.07, 6.45) is 0.636. The van der Waals surface area contributed by atoms with E-state index in [4.69, 9.17) is 4.74 Å². The fourth-order valence-electron chi connectivity index (χ4n) is 0.827. The molecular formula is C10H19F2NO. The highest BCUT2D eigenvalue weighted by molar-refractivity contribution is 4.87. The van der Waals surface area contributed by atoms with Crippen LogP contribution in [-0.4, -0.2) is 32.2 Å². The van der Waals surface area contributed by atoms with E-state index in [0.29, 0.717) is 19.6 Å². The van der Waals surface area contributed by atoms with E-state index in [1.807, 2.05) is 6.92 Å². The summed E-state index contributed by atoms with van der Waals surface area (Å²) in [6, 6.07) is 0. The molecule has 0 rings (SSSR count). The molecule has 0 heterocycles. The lowest BCUT2D eigenvalue weighted by Crippen LogP contribution is -2.36. The Morgan fingerprint density at radius 1 is 1.50 bits per heavy atom. The molecule has 0 aliphatic rings. The van der Waals surface area contributed by atoms with Crippen molar-refractivity contribution >= 4 is 0 Å². The Bertz CT molecular complexity index is 172. The average Bonchev–Trinajstić information content (AvgIpc) is 2.09. The molecule has 0 aromatic carbocycles. The van der Waals surface area contributed by atoms with Gasteiger partial charge in [-0.3, -0.25) is 0 Å². The first-order valence-corrected chi connectivity index (χ1v) is 4.78. The maximum Gasteiger partial charge on any atom is 0.283 e. The lowest BCUT2D eigenvalue weighted by molar-refractivity contribution is -0.0737. The summed E-state index contributed by atoms with van der Waals surface area (Å²) in [5, 5.41) is 2.59. The van der Waals surface area contributed by atoms with Gasteiger partial charge in [-0.2, -0.15) is 0 Å². The van der Waals surface area contributed by atoms with Crippen LogP contribution in [0.15, 0.2) is 12.2 Å². The molecule has 0 spiro atoms. The normalized spacial score (nSPS) is 11.7. The molecule has 0 aliphatic carbocycles. The van der Waals surface area contributed by atoms with Crippen LogP contribution in [0.1, 0.15) is 20.3 Å². The molecule has 0 unspecified atom stereocenters. The molecule has 0 aromatic heterocycles. The first-order valence-electron chi connectivity index (χ1n) is 4.78. The SMILES string of the molecule is C=C(C)CCOCC(F)(F)CNCC. The Hall–Kier alpha value is -0.480. The van der Waals surface area contributed by atoms with E-state index in [9.17, 15) is 8.78 Å². The van der Waals surface area contributed by atoms with E-state index in [-0.39, 0.29) is 6.54 Å². The van der Waals surface area contributed by atoms with E-state index in [1.54, 1.807) is 6.92 Å². The largest absolute Gasteiger partial charge is 0.375 e. The van der Waals surface area contributed by atoms with Gasteiger partial charge in [-0.25, -0.2) is 8.78 Å². The molecule has 2 nitrogen and oxygen atoms in total. The van der Waals surface area contributed by atoms with Crippen molar-refractivity contribution in [2.45, 2.75) is 26.2 Å². The predicted octanol–water partition coefficient (Wildman–Crippen LogP) is 2.21. The third kappa shape index (κ3) is 8.13. The van der Waals surface area contributed by atoms with Gasteiger partial charge >= 0.3 is 0 Å². The number of halogens is 2. The fraction of sp³-hybridized carbons (Fsp3) is 0.800. The van der Waals surface area contributed by atoms with Crippen molar-refractivity contribution in [1.82, 2.24) is 5.32 Å². The molecule has 14 heavy (non-hydrogen) atoms. The smallest absolute Gasteiger partial charge is 0.283 e. The van der Waals surface area contributed by atoms with Crippen molar-refractivity contribution < 1.29 is 13.5 Å². The van der Waals surface area contributed by atoms with Crippen LogP contribution in [-0.2, 0) is 4.74 Å². The monoisotopic (exact) mass is 207 g/mol. The van der Waals surface area contributed by atoms with Crippen molar-refractivity contribution in [3.05, 3.63) is 12.2 Å². The highest BCUT2D eigenvalue weighted by Gasteiger charge is 2.28. The van der Waals surface area contributed by atoms with Gasteiger partial charge in [0, 0.05) is 0 Å². The lowest BCUT2D eigenvalue weighted by Gasteiger charge is -2.16. The van der Waals surface area contributed by atoms with Crippen LogP contribution in [0.5, 0.6) is 0 Å². The molecule has 4 heteroatoms. The number of ether oxygens (including phenoxy) is 1. The van der Waals surface area contributed by atoms with E-state index < -0.39 is 12.5 Å². The Morgan fingerprint density at radius 3 is 2.64 bits per heavy atom. The van der Waals surface area contributed by atoms with Crippen molar-refractivity contribution in [2.75, 3.05) is 26.3 Å². The third-order valence-electron chi connectivity index (χ3n) is 1.62. The molecule has 84 valence electrons. The highest BCUT2D eigenvalue weighted by Crippen LogP contribution is 2.12. The minimum Gasteiger partial charge on any atom is -0.375 e. The van der Waals surface area contributed by atoms with Crippen molar-refractivity contribution in [1.29, 1.82) is 0 Å². The Morgan fingerprint density at radius 2 is 2.14 bits per heavy atom. The summed E-state index contributed by atoms with van der Waals surface area (Å²) < 4.78 is 30.7. The first-order chi connectivity index (χ1) is 6.48. The van der Waals surface area contributed by atoms with Gasteiger partial charge in [0.15, 0.2) is 0 Å². The number of alkyl halides is 2. The van der Waals surface area contributed by atoms with Crippen molar-refractivity contribution in [3.63, 3.8) is 0 Å². The first kappa shape index (κ1) is 13.5. The van der Waals surface area contributed by atoms with Gasteiger partial charge in [-0.1, -0.05) is 12.5 Å². The van der Waals surface area contributed by atoms with Gasteiger partial charge in [0.1, 0.15) is 6.61 Å². The second kappa shape index (κ2) is 6.90.